The molecule has 1 aromatic rings. The molecule has 8 heteroatoms. The molecule has 3 rings (SSSR count). The van der Waals surface area contributed by atoms with Gasteiger partial charge in [-0.2, -0.15) is 11.8 Å². The number of carbonyl (C=O) groups excluding carboxylic acids is 1. The first-order chi connectivity index (χ1) is 14.2. The standard InChI is InChI=1S/C20H31N3O2S.CH2O2/c1-2-13-25-19-6-4-3-5-17(19)16-21-20(24)23-9-7-18(8-10-23)22-11-14-26-15-12-22;2-1-3/h3-6,18H,2,7-16H2,1H3,(H,21,24);1H,(H,2,3). The third-order valence-electron chi connectivity index (χ3n) is 5.18. The number of urea groups is 1. The van der Waals surface area contributed by atoms with Crippen LogP contribution in [0.3, 0.4) is 0 Å². The van der Waals surface area contributed by atoms with Gasteiger partial charge in [0.15, 0.2) is 0 Å². The van der Waals surface area contributed by atoms with Gasteiger partial charge in [0.2, 0.25) is 0 Å². The van der Waals surface area contributed by atoms with Crippen LogP contribution in [0.1, 0.15) is 31.7 Å². The van der Waals surface area contributed by atoms with E-state index in [1.165, 1.54) is 24.6 Å². The minimum absolute atomic E-state index is 0.0444. The minimum atomic E-state index is -0.250. The van der Waals surface area contributed by atoms with Crippen LogP contribution in [0.5, 0.6) is 5.75 Å². The Morgan fingerprint density at radius 3 is 2.55 bits per heavy atom. The molecule has 0 aromatic heterocycles. The second-order valence-electron chi connectivity index (χ2n) is 7.09. The first-order valence-electron chi connectivity index (χ1n) is 10.3. The highest BCUT2D eigenvalue weighted by molar-refractivity contribution is 7.99. The molecule has 162 valence electrons. The number of carbonyl (C=O) groups is 2. The number of para-hydroxylation sites is 1. The highest BCUT2D eigenvalue weighted by atomic mass is 32.2. The molecule has 2 saturated heterocycles. The fourth-order valence-corrected chi connectivity index (χ4v) is 4.59. The number of benzene rings is 1. The number of piperidine rings is 1. The minimum Gasteiger partial charge on any atom is -0.493 e. The molecule has 1 aromatic carbocycles. The van der Waals surface area contributed by atoms with E-state index in [2.05, 4.69) is 28.9 Å². The monoisotopic (exact) mass is 423 g/mol. The quantitative estimate of drug-likeness (QED) is 0.685. The summed E-state index contributed by atoms with van der Waals surface area (Å²) in [6.07, 6.45) is 3.16. The Hall–Kier alpha value is -1.93. The molecule has 7 nitrogen and oxygen atoms in total. The Morgan fingerprint density at radius 1 is 1.24 bits per heavy atom. The second-order valence-corrected chi connectivity index (χ2v) is 8.31. The van der Waals surface area contributed by atoms with Crippen molar-refractivity contribution in [1.29, 1.82) is 0 Å². The topological polar surface area (TPSA) is 82.1 Å². The number of hydrogen-bond donors (Lipinski definition) is 2. The zero-order valence-electron chi connectivity index (χ0n) is 17.2. The molecule has 2 aliphatic rings. The van der Waals surface area contributed by atoms with Gasteiger partial charge in [-0.1, -0.05) is 25.1 Å². The maximum absolute atomic E-state index is 12.5. The Bertz CT molecular complexity index is 618. The molecule has 0 aliphatic carbocycles. The summed E-state index contributed by atoms with van der Waals surface area (Å²) < 4.78 is 5.77. The van der Waals surface area contributed by atoms with Crippen LogP contribution in [-0.2, 0) is 11.3 Å². The van der Waals surface area contributed by atoms with E-state index in [1.807, 2.05) is 29.2 Å². The molecule has 0 atom stereocenters. The maximum atomic E-state index is 12.5. The third-order valence-corrected chi connectivity index (χ3v) is 6.12. The van der Waals surface area contributed by atoms with Crippen molar-refractivity contribution in [2.24, 2.45) is 0 Å². The highest BCUT2D eigenvalue weighted by Gasteiger charge is 2.27. The predicted molar refractivity (Wildman–Crippen MR) is 117 cm³/mol. The Morgan fingerprint density at radius 2 is 1.90 bits per heavy atom. The van der Waals surface area contributed by atoms with E-state index in [9.17, 15) is 4.79 Å². The Kier molecular flexibility index (Phi) is 10.7. The maximum Gasteiger partial charge on any atom is 0.317 e. The summed E-state index contributed by atoms with van der Waals surface area (Å²) in [5.41, 5.74) is 1.04. The molecule has 0 saturated carbocycles. The van der Waals surface area contributed by atoms with E-state index in [0.717, 1.165) is 43.7 Å². The highest BCUT2D eigenvalue weighted by Crippen LogP contribution is 2.21. The summed E-state index contributed by atoms with van der Waals surface area (Å²) >= 11 is 2.05. The summed E-state index contributed by atoms with van der Waals surface area (Å²) in [4.78, 5) is 25.5. The van der Waals surface area contributed by atoms with Crippen LogP contribution in [0.4, 0.5) is 4.79 Å². The Balaban J connectivity index is 0.000000941. The molecule has 29 heavy (non-hydrogen) atoms. The first-order valence-corrected chi connectivity index (χ1v) is 11.5. The van der Waals surface area contributed by atoms with Crippen molar-refractivity contribution in [1.82, 2.24) is 15.1 Å². The number of hydrogen-bond acceptors (Lipinski definition) is 5. The van der Waals surface area contributed by atoms with Gasteiger partial charge in [-0.05, 0) is 25.3 Å². The van der Waals surface area contributed by atoms with E-state index in [1.54, 1.807) is 0 Å². The molecule has 2 amide bonds. The lowest BCUT2D eigenvalue weighted by atomic mass is 10.0. The molecule has 2 fully saturated rings. The molecule has 0 spiro atoms. The number of ether oxygens (including phenoxy) is 1. The number of nitrogens with one attached hydrogen (secondary N) is 1. The molecular weight excluding hydrogens is 390 g/mol. The van der Waals surface area contributed by atoms with Gasteiger partial charge in [-0.25, -0.2) is 4.79 Å². The predicted octanol–water partition coefficient (Wildman–Crippen LogP) is 2.90. The van der Waals surface area contributed by atoms with Crippen molar-refractivity contribution in [2.75, 3.05) is 44.3 Å². The van der Waals surface area contributed by atoms with Crippen molar-refractivity contribution in [3.05, 3.63) is 29.8 Å². The van der Waals surface area contributed by atoms with Crippen LogP contribution in [0.25, 0.3) is 0 Å². The van der Waals surface area contributed by atoms with Gasteiger partial charge in [0.1, 0.15) is 5.75 Å². The fourth-order valence-electron chi connectivity index (χ4n) is 3.66. The normalized spacial score (nSPS) is 17.8. The fraction of sp³-hybridized carbons (Fsp3) is 0.619. The van der Waals surface area contributed by atoms with Crippen LogP contribution in [0.15, 0.2) is 24.3 Å². The molecule has 0 radical (unpaired) electrons. The van der Waals surface area contributed by atoms with Gasteiger partial charge in [0.05, 0.1) is 6.61 Å². The van der Waals surface area contributed by atoms with Gasteiger partial charge in [0, 0.05) is 55.8 Å². The van der Waals surface area contributed by atoms with Crippen molar-refractivity contribution in [3.8, 4) is 5.75 Å². The second kappa shape index (κ2) is 13.3. The zero-order valence-corrected chi connectivity index (χ0v) is 18.0. The van der Waals surface area contributed by atoms with E-state index in [-0.39, 0.29) is 12.5 Å². The van der Waals surface area contributed by atoms with Crippen molar-refractivity contribution >= 4 is 24.3 Å². The lowest BCUT2D eigenvalue weighted by Crippen LogP contribution is -2.51. The molecule has 2 heterocycles. The van der Waals surface area contributed by atoms with Gasteiger partial charge in [0.25, 0.3) is 6.47 Å². The number of likely N-dealkylation sites (tertiary alicyclic amines) is 1. The average molecular weight is 424 g/mol. The van der Waals surface area contributed by atoms with Crippen LogP contribution >= 0.6 is 11.8 Å². The van der Waals surface area contributed by atoms with Crippen molar-refractivity contribution in [2.45, 2.75) is 38.8 Å². The van der Waals surface area contributed by atoms with Crippen LogP contribution in [0.2, 0.25) is 0 Å². The van der Waals surface area contributed by atoms with Crippen LogP contribution in [-0.4, -0.2) is 77.7 Å². The molecular formula is C21H33N3O4S. The molecule has 2 aliphatic heterocycles. The van der Waals surface area contributed by atoms with Gasteiger partial charge >= 0.3 is 6.03 Å². The molecule has 0 unspecified atom stereocenters. The zero-order chi connectivity index (χ0) is 20.9. The van der Waals surface area contributed by atoms with Gasteiger partial charge in [-0.3, -0.25) is 9.69 Å². The summed E-state index contributed by atoms with van der Waals surface area (Å²) in [5, 5.41) is 9.96. The lowest BCUT2D eigenvalue weighted by Gasteiger charge is -2.40. The van der Waals surface area contributed by atoms with E-state index in [4.69, 9.17) is 14.6 Å². The number of nitrogens with zero attached hydrogens (tertiary/aromatic N) is 2. The van der Waals surface area contributed by atoms with Crippen LogP contribution in [0, 0.1) is 0 Å². The smallest absolute Gasteiger partial charge is 0.317 e. The largest absolute Gasteiger partial charge is 0.493 e. The van der Waals surface area contributed by atoms with Crippen LogP contribution < -0.4 is 10.1 Å². The lowest BCUT2D eigenvalue weighted by molar-refractivity contribution is -0.122. The Labute approximate surface area is 177 Å². The van der Waals surface area contributed by atoms with Crippen molar-refractivity contribution in [3.63, 3.8) is 0 Å². The molecule has 0 bridgehead atoms. The first kappa shape index (κ1) is 23.3. The van der Waals surface area contributed by atoms with E-state index in [0.29, 0.717) is 19.2 Å². The third kappa shape index (κ3) is 7.78. The summed E-state index contributed by atoms with van der Waals surface area (Å²) in [5.74, 6) is 3.37. The van der Waals surface area contributed by atoms with E-state index >= 15 is 0 Å². The van der Waals surface area contributed by atoms with E-state index < -0.39 is 0 Å². The number of carboxylic acid groups (broad SMARTS) is 1. The number of thioether (sulfide) groups is 1. The van der Waals surface area contributed by atoms with Gasteiger partial charge in [-0.15, -0.1) is 0 Å². The number of amides is 2. The SMILES string of the molecule is CCCOc1ccccc1CNC(=O)N1CCC(N2CCSCC2)CC1.O=CO. The van der Waals surface area contributed by atoms with Gasteiger partial charge < -0.3 is 20.1 Å². The summed E-state index contributed by atoms with van der Waals surface area (Å²) in [6.45, 7) is 7.18. The summed E-state index contributed by atoms with van der Waals surface area (Å²) in [7, 11) is 0. The van der Waals surface area contributed by atoms with Crippen molar-refractivity contribution < 1.29 is 19.4 Å². The molecule has 2 N–H and O–H groups in total. The average Bonchev–Trinajstić information content (AvgIpc) is 2.78. The summed E-state index contributed by atoms with van der Waals surface area (Å²) in [6, 6.07) is 8.65. The number of rotatable bonds is 6.